The first kappa shape index (κ1) is 17.7. The summed E-state index contributed by atoms with van der Waals surface area (Å²) >= 11 is 1.01. The molecule has 3 N–H and O–H groups in total. The summed E-state index contributed by atoms with van der Waals surface area (Å²) in [5, 5.41) is 5.23. The fraction of sp³-hybridized carbons (Fsp3) is 0.417. The maximum absolute atomic E-state index is 12.5. The van der Waals surface area contributed by atoms with Crippen LogP contribution in [-0.4, -0.2) is 31.3 Å². The fourth-order valence-electron chi connectivity index (χ4n) is 2.11. The molecule has 0 bridgehead atoms. The van der Waals surface area contributed by atoms with E-state index in [1.807, 2.05) is 4.98 Å². The van der Waals surface area contributed by atoms with Gasteiger partial charge in [0.15, 0.2) is 10.1 Å². The lowest BCUT2D eigenvalue weighted by Gasteiger charge is -2.10. The third kappa shape index (κ3) is 3.61. The predicted molar refractivity (Wildman–Crippen MR) is 84.0 cm³/mol. The number of alkyl halides is 3. The van der Waals surface area contributed by atoms with Crippen molar-refractivity contribution in [2.24, 2.45) is 0 Å². The average Bonchev–Trinajstić information content (AvgIpc) is 3.19. The molecule has 2 aromatic rings. The van der Waals surface area contributed by atoms with Gasteiger partial charge in [-0.05, 0) is 12.8 Å². The van der Waals surface area contributed by atoms with E-state index in [0.717, 1.165) is 4.57 Å². The molecule has 25 heavy (non-hydrogen) atoms. The van der Waals surface area contributed by atoms with Crippen LogP contribution >= 0.6 is 23.1 Å². The minimum Gasteiger partial charge on any atom is -0.384 e. The van der Waals surface area contributed by atoms with Crippen molar-refractivity contribution in [1.29, 1.82) is 0 Å². The summed E-state index contributed by atoms with van der Waals surface area (Å²) in [6.45, 7) is 0. The lowest BCUT2D eigenvalue weighted by molar-refractivity contribution is -0.138. The zero-order valence-corrected chi connectivity index (χ0v) is 13.9. The van der Waals surface area contributed by atoms with Gasteiger partial charge in [0, 0.05) is 6.04 Å². The summed E-state index contributed by atoms with van der Waals surface area (Å²) in [4.78, 5) is 38.0. The van der Waals surface area contributed by atoms with Gasteiger partial charge in [0.1, 0.15) is 11.4 Å². The number of H-pyrrole nitrogens is 1. The second-order valence-corrected chi connectivity index (χ2v) is 7.40. The molecular weight excluding hydrogens is 383 g/mol. The van der Waals surface area contributed by atoms with Crippen molar-refractivity contribution in [3.05, 3.63) is 31.4 Å². The number of hydrogen-bond donors (Lipinski definition) is 2. The highest BCUT2D eigenvalue weighted by Gasteiger charge is 2.36. The second kappa shape index (κ2) is 6.29. The molecule has 0 aliphatic heterocycles. The third-order valence-corrected chi connectivity index (χ3v) is 5.45. The molecule has 134 valence electrons. The SMILES string of the molecule is Nc1c(C(=O)CSc2nnc(C(F)(F)F)s2)c(=O)[nH]c(=O)n1C1CC1. The van der Waals surface area contributed by atoms with E-state index in [4.69, 9.17) is 5.73 Å². The van der Waals surface area contributed by atoms with Gasteiger partial charge < -0.3 is 5.73 Å². The molecule has 2 aromatic heterocycles. The second-order valence-electron chi connectivity index (χ2n) is 5.20. The molecule has 0 saturated heterocycles. The summed E-state index contributed by atoms with van der Waals surface area (Å²) in [7, 11) is 0. The number of nitrogens with two attached hydrogens (primary N) is 1. The van der Waals surface area contributed by atoms with Gasteiger partial charge in [0.25, 0.3) is 5.56 Å². The zero-order chi connectivity index (χ0) is 18.4. The van der Waals surface area contributed by atoms with E-state index in [0.29, 0.717) is 35.9 Å². The fourth-order valence-corrected chi connectivity index (χ4v) is 3.70. The summed E-state index contributed by atoms with van der Waals surface area (Å²) in [6.07, 6.45) is -3.19. The monoisotopic (exact) mass is 393 g/mol. The number of thioether (sulfide) groups is 1. The standard InChI is InChI=1S/C12H10F3N5O3S2/c13-12(14,15)9-18-19-11(25-9)24-3-5(21)6-7(16)20(4-1-2-4)10(23)17-8(6)22/h4H,1-3,16H2,(H,17,22,23). The highest BCUT2D eigenvalue weighted by molar-refractivity contribution is 8.01. The molecule has 3 rings (SSSR count). The molecule has 1 fully saturated rings. The molecule has 0 amide bonds. The Morgan fingerprint density at radius 1 is 1.36 bits per heavy atom. The van der Waals surface area contributed by atoms with Gasteiger partial charge in [-0.25, -0.2) is 4.79 Å². The maximum atomic E-state index is 12.5. The molecule has 8 nitrogen and oxygen atoms in total. The number of rotatable bonds is 5. The lowest BCUT2D eigenvalue weighted by Crippen LogP contribution is -2.36. The Morgan fingerprint density at radius 2 is 2.04 bits per heavy atom. The first-order valence-corrected chi connectivity index (χ1v) is 8.69. The van der Waals surface area contributed by atoms with Crippen LogP contribution in [0.4, 0.5) is 19.0 Å². The molecule has 0 radical (unpaired) electrons. The number of Topliss-reactive ketones (excluding diaryl/α,β-unsaturated/α-hetero) is 1. The van der Waals surface area contributed by atoms with E-state index < -0.39 is 28.2 Å². The molecule has 0 spiro atoms. The van der Waals surface area contributed by atoms with Gasteiger partial charge in [-0.2, -0.15) is 13.2 Å². The Bertz CT molecular complexity index is 945. The van der Waals surface area contributed by atoms with E-state index >= 15 is 0 Å². The third-order valence-electron chi connectivity index (χ3n) is 3.35. The van der Waals surface area contributed by atoms with Crippen molar-refractivity contribution < 1.29 is 18.0 Å². The summed E-state index contributed by atoms with van der Waals surface area (Å²) < 4.78 is 38.5. The Hall–Kier alpha value is -2.15. The number of aromatic amines is 1. The molecule has 1 aliphatic rings. The minimum absolute atomic E-state index is 0.0637. The van der Waals surface area contributed by atoms with E-state index in [9.17, 15) is 27.6 Å². The summed E-state index contributed by atoms with van der Waals surface area (Å²) in [5.41, 5.74) is 3.82. The van der Waals surface area contributed by atoms with E-state index in [-0.39, 0.29) is 27.5 Å². The zero-order valence-electron chi connectivity index (χ0n) is 12.3. The smallest absolute Gasteiger partial charge is 0.384 e. The van der Waals surface area contributed by atoms with E-state index in [2.05, 4.69) is 10.2 Å². The number of nitrogen functional groups attached to an aromatic ring is 1. The number of nitrogens with zero attached hydrogens (tertiary/aromatic N) is 3. The molecular formula is C12H10F3N5O3S2. The Labute approximate surface area is 145 Å². The number of halogens is 3. The number of nitrogens with one attached hydrogen (secondary N) is 1. The molecule has 0 atom stereocenters. The number of ketones is 1. The van der Waals surface area contributed by atoms with Crippen molar-refractivity contribution in [3.8, 4) is 0 Å². The summed E-state index contributed by atoms with van der Waals surface area (Å²) in [6, 6.07) is -0.152. The topological polar surface area (TPSA) is 124 Å². The van der Waals surface area contributed by atoms with Gasteiger partial charge in [-0.15, -0.1) is 10.2 Å². The maximum Gasteiger partial charge on any atom is 0.445 e. The molecule has 0 aromatic carbocycles. The molecule has 0 unspecified atom stereocenters. The minimum atomic E-state index is -4.61. The number of carbonyl (C=O) groups excluding carboxylic acids is 1. The largest absolute Gasteiger partial charge is 0.445 e. The predicted octanol–water partition coefficient (Wildman–Crippen LogP) is 1.30. The Morgan fingerprint density at radius 3 is 2.60 bits per heavy atom. The molecule has 13 heteroatoms. The van der Waals surface area contributed by atoms with Gasteiger partial charge >= 0.3 is 11.9 Å². The quantitative estimate of drug-likeness (QED) is 0.580. The van der Waals surface area contributed by atoms with Crippen LogP contribution in [0.1, 0.15) is 34.2 Å². The van der Waals surface area contributed by atoms with Gasteiger partial charge in [0.05, 0.1) is 5.75 Å². The first-order valence-electron chi connectivity index (χ1n) is 6.89. The summed E-state index contributed by atoms with van der Waals surface area (Å²) in [5.74, 6) is -1.29. The van der Waals surface area contributed by atoms with Crippen LogP contribution in [-0.2, 0) is 6.18 Å². The molecule has 1 aliphatic carbocycles. The van der Waals surface area contributed by atoms with Gasteiger partial charge in [0.2, 0.25) is 5.01 Å². The van der Waals surface area contributed by atoms with Crippen LogP contribution in [0, 0.1) is 0 Å². The first-order chi connectivity index (χ1) is 11.7. The molecule has 1 saturated carbocycles. The van der Waals surface area contributed by atoms with Crippen LogP contribution in [0.25, 0.3) is 0 Å². The lowest BCUT2D eigenvalue weighted by atomic mass is 10.2. The number of anilines is 1. The van der Waals surface area contributed by atoms with Gasteiger partial charge in [-0.3, -0.25) is 19.1 Å². The number of aromatic nitrogens is 4. The van der Waals surface area contributed by atoms with Crippen LogP contribution in [0.2, 0.25) is 0 Å². The highest BCUT2D eigenvalue weighted by Crippen LogP contribution is 2.36. The van der Waals surface area contributed by atoms with Crippen molar-refractivity contribution in [2.75, 3.05) is 11.5 Å². The van der Waals surface area contributed by atoms with Gasteiger partial charge in [-0.1, -0.05) is 23.1 Å². The molecule has 2 heterocycles. The number of hydrogen-bond acceptors (Lipinski definition) is 8. The van der Waals surface area contributed by atoms with Crippen LogP contribution in [0.3, 0.4) is 0 Å². The van der Waals surface area contributed by atoms with E-state index in [1.54, 1.807) is 0 Å². The van der Waals surface area contributed by atoms with Crippen LogP contribution in [0.15, 0.2) is 13.9 Å². The van der Waals surface area contributed by atoms with Crippen LogP contribution in [0.5, 0.6) is 0 Å². The highest BCUT2D eigenvalue weighted by atomic mass is 32.2. The van der Waals surface area contributed by atoms with Crippen molar-refractivity contribution >= 4 is 34.7 Å². The van der Waals surface area contributed by atoms with Crippen LogP contribution < -0.4 is 17.0 Å². The normalized spacial score (nSPS) is 14.7. The van der Waals surface area contributed by atoms with E-state index in [1.165, 1.54) is 0 Å². The van der Waals surface area contributed by atoms with Crippen molar-refractivity contribution in [3.63, 3.8) is 0 Å². The Balaban J connectivity index is 1.80. The number of carbonyl (C=O) groups is 1. The average molecular weight is 393 g/mol. The Kier molecular flexibility index (Phi) is 4.45. The van der Waals surface area contributed by atoms with Crippen molar-refractivity contribution in [1.82, 2.24) is 19.7 Å². The van der Waals surface area contributed by atoms with Crippen molar-refractivity contribution in [2.45, 2.75) is 29.4 Å².